The molecule has 0 amide bonds. The van der Waals surface area contributed by atoms with Crippen LogP contribution in [0.1, 0.15) is 39.2 Å². The Morgan fingerprint density at radius 3 is 2.47 bits per heavy atom. The SMILES string of the molecule is Cc1cc(NC(C)CCC(C)C)c(Br)cc1[N+](=O)[O-]. The van der Waals surface area contributed by atoms with Crippen molar-refractivity contribution in [2.45, 2.75) is 46.6 Å². The quantitative estimate of drug-likeness (QED) is 0.596. The highest BCUT2D eigenvalue weighted by Gasteiger charge is 2.15. The van der Waals surface area contributed by atoms with E-state index in [1.165, 1.54) is 0 Å². The maximum absolute atomic E-state index is 10.8. The number of hydrogen-bond acceptors (Lipinski definition) is 3. The second kappa shape index (κ2) is 6.89. The zero-order valence-electron chi connectivity index (χ0n) is 11.9. The van der Waals surface area contributed by atoms with Crippen molar-refractivity contribution in [2.24, 2.45) is 5.92 Å². The molecule has 0 radical (unpaired) electrons. The summed E-state index contributed by atoms with van der Waals surface area (Å²) in [5.41, 5.74) is 1.73. The minimum Gasteiger partial charge on any atom is -0.382 e. The van der Waals surface area contributed by atoms with E-state index in [2.05, 4.69) is 42.0 Å². The van der Waals surface area contributed by atoms with E-state index in [4.69, 9.17) is 0 Å². The average molecular weight is 329 g/mol. The zero-order chi connectivity index (χ0) is 14.6. The molecule has 0 heterocycles. The van der Waals surface area contributed by atoms with Gasteiger partial charge in [-0.2, -0.15) is 0 Å². The number of nitrogens with one attached hydrogen (secondary N) is 1. The zero-order valence-corrected chi connectivity index (χ0v) is 13.5. The number of aryl methyl sites for hydroxylation is 1. The number of hydrogen-bond donors (Lipinski definition) is 1. The normalized spacial score (nSPS) is 12.5. The number of anilines is 1. The topological polar surface area (TPSA) is 55.2 Å². The fourth-order valence-electron chi connectivity index (χ4n) is 1.90. The first kappa shape index (κ1) is 16.0. The predicted octanol–water partition coefficient (Wildman–Crippen LogP) is 4.90. The van der Waals surface area contributed by atoms with E-state index in [1.54, 1.807) is 13.0 Å². The van der Waals surface area contributed by atoms with Crippen molar-refractivity contribution in [1.82, 2.24) is 0 Å². The Hall–Kier alpha value is -1.10. The minimum absolute atomic E-state index is 0.146. The molecule has 1 N–H and O–H groups in total. The van der Waals surface area contributed by atoms with Gasteiger partial charge in [0.15, 0.2) is 0 Å². The maximum Gasteiger partial charge on any atom is 0.273 e. The third-order valence-corrected chi connectivity index (χ3v) is 3.72. The summed E-state index contributed by atoms with van der Waals surface area (Å²) in [5, 5.41) is 14.3. The third kappa shape index (κ3) is 4.82. The molecule has 0 fully saturated rings. The van der Waals surface area contributed by atoms with Crippen molar-refractivity contribution in [2.75, 3.05) is 5.32 Å². The fourth-order valence-corrected chi connectivity index (χ4v) is 2.35. The monoisotopic (exact) mass is 328 g/mol. The molecule has 0 saturated heterocycles. The summed E-state index contributed by atoms with van der Waals surface area (Å²) >= 11 is 3.39. The lowest BCUT2D eigenvalue weighted by Gasteiger charge is -2.18. The Labute approximate surface area is 122 Å². The molecule has 19 heavy (non-hydrogen) atoms. The van der Waals surface area contributed by atoms with Crippen LogP contribution in [0.15, 0.2) is 16.6 Å². The standard InChI is InChI=1S/C14H21BrN2O2/c1-9(2)5-6-11(4)16-13-7-10(3)14(17(18)19)8-12(13)15/h7-9,11,16H,5-6H2,1-4H3. The van der Waals surface area contributed by atoms with Gasteiger partial charge in [0, 0.05) is 27.8 Å². The van der Waals surface area contributed by atoms with Crippen LogP contribution in [-0.4, -0.2) is 11.0 Å². The Morgan fingerprint density at radius 2 is 1.95 bits per heavy atom. The van der Waals surface area contributed by atoms with Gasteiger partial charge in [0.05, 0.1) is 4.92 Å². The van der Waals surface area contributed by atoms with Crippen LogP contribution in [0.4, 0.5) is 11.4 Å². The first-order chi connectivity index (χ1) is 8.81. The smallest absolute Gasteiger partial charge is 0.273 e. The van der Waals surface area contributed by atoms with Crippen LogP contribution in [0, 0.1) is 23.0 Å². The molecule has 0 bridgehead atoms. The number of nitro groups is 1. The molecule has 0 aliphatic carbocycles. The van der Waals surface area contributed by atoms with Gasteiger partial charge in [-0.05, 0) is 54.6 Å². The van der Waals surface area contributed by atoms with E-state index in [0.29, 0.717) is 17.5 Å². The van der Waals surface area contributed by atoms with Crippen molar-refractivity contribution >= 4 is 27.3 Å². The minimum atomic E-state index is -0.355. The molecule has 1 aromatic rings. The molecule has 0 aliphatic rings. The third-order valence-electron chi connectivity index (χ3n) is 3.06. The van der Waals surface area contributed by atoms with Crippen LogP contribution < -0.4 is 5.32 Å². The lowest BCUT2D eigenvalue weighted by Crippen LogP contribution is -2.16. The highest BCUT2D eigenvalue weighted by molar-refractivity contribution is 9.10. The van der Waals surface area contributed by atoms with Crippen molar-refractivity contribution in [3.05, 3.63) is 32.3 Å². The van der Waals surface area contributed by atoms with Gasteiger partial charge in [-0.15, -0.1) is 0 Å². The molecule has 1 aromatic carbocycles. The van der Waals surface area contributed by atoms with Crippen LogP contribution >= 0.6 is 15.9 Å². The molecule has 4 nitrogen and oxygen atoms in total. The largest absolute Gasteiger partial charge is 0.382 e. The molecule has 1 atom stereocenters. The molecule has 0 spiro atoms. The van der Waals surface area contributed by atoms with Gasteiger partial charge in [-0.3, -0.25) is 10.1 Å². The van der Waals surface area contributed by atoms with Gasteiger partial charge >= 0.3 is 0 Å². The first-order valence-electron chi connectivity index (χ1n) is 6.52. The maximum atomic E-state index is 10.8. The molecule has 0 aliphatic heterocycles. The first-order valence-corrected chi connectivity index (χ1v) is 7.31. The predicted molar refractivity (Wildman–Crippen MR) is 82.7 cm³/mol. The van der Waals surface area contributed by atoms with E-state index in [1.807, 2.05) is 6.07 Å². The molecule has 0 aromatic heterocycles. The Kier molecular flexibility index (Phi) is 5.79. The lowest BCUT2D eigenvalue weighted by molar-refractivity contribution is -0.385. The summed E-state index contributed by atoms with van der Waals surface area (Å²) in [5.74, 6) is 0.686. The summed E-state index contributed by atoms with van der Waals surface area (Å²) in [6, 6.07) is 3.74. The number of benzene rings is 1. The molecule has 106 valence electrons. The molecular formula is C14H21BrN2O2. The number of halogens is 1. The van der Waals surface area contributed by atoms with Crippen LogP contribution in [0.25, 0.3) is 0 Å². The van der Waals surface area contributed by atoms with E-state index >= 15 is 0 Å². The fraction of sp³-hybridized carbons (Fsp3) is 0.571. The molecule has 0 saturated carbocycles. The Balaban J connectivity index is 2.79. The highest BCUT2D eigenvalue weighted by atomic mass is 79.9. The summed E-state index contributed by atoms with van der Waals surface area (Å²) in [4.78, 5) is 10.5. The number of rotatable bonds is 6. The van der Waals surface area contributed by atoms with Crippen LogP contribution in [0.3, 0.4) is 0 Å². The lowest BCUT2D eigenvalue weighted by atomic mass is 10.0. The van der Waals surface area contributed by atoms with Crippen LogP contribution in [0.2, 0.25) is 0 Å². The Morgan fingerprint density at radius 1 is 1.32 bits per heavy atom. The van der Waals surface area contributed by atoms with Gasteiger partial charge in [0.25, 0.3) is 5.69 Å². The van der Waals surface area contributed by atoms with E-state index in [9.17, 15) is 10.1 Å². The van der Waals surface area contributed by atoms with Crippen LogP contribution in [-0.2, 0) is 0 Å². The van der Waals surface area contributed by atoms with Crippen molar-refractivity contribution in [3.63, 3.8) is 0 Å². The van der Waals surface area contributed by atoms with Crippen molar-refractivity contribution in [1.29, 1.82) is 0 Å². The molecule has 1 rings (SSSR count). The summed E-state index contributed by atoms with van der Waals surface area (Å²) in [6.45, 7) is 8.30. The molecule has 1 unspecified atom stereocenters. The van der Waals surface area contributed by atoms with Gasteiger partial charge < -0.3 is 5.32 Å². The van der Waals surface area contributed by atoms with Gasteiger partial charge in [-0.25, -0.2) is 0 Å². The van der Waals surface area contributed by atoms with E-state index in [0.717, 1.165) is 23.0 Å². The number of nitrogens with zero attached hydrogens (tertiary/aromatic N) is 1. The average Bonchev–Trinajstić information content (AvgIpc) is 2.30. The second-order valence-electron chi connectivity index (χ2n) is 5.39. The second-order valence-corrected chi connectivity index (χ2v) is 6.25. The van der Waals surface area contributed by atoms with E-state index in [-0.39, 0.29) is 10.6 Å². The van der Waals surface area contributed by atoms with Crippen molar-refractivity contribution in [3.8, 4) is 0 Å². The Bertz CT molecular complexity index is 461. The van der Waals surface area contributed by atoms with Gasteiger partial charge in [0.2, 0.25) is 0 Å². The number of nitro benzene ring substituents is 1. The summed E-state index contributed by atoms with van der Waals surface area (Å²) < 4.78 is 0.737. The molecular weight excluding hydrogens is 308 g/mol. The summed E-state index contributed by atoms with van der Waals surface area (Å²) in [7, 11) is 0. The van der Waals surface area contributed by atoms with E-state index < -0.39 is 0 Å². The van der Waals surface area contributed by atoms with Gasteiger partial charge in [-0.1, -0.05) is 13.8 Å². The van der Waals surface area contributed by atoms with Crippen molar-refractivity contribution < 1.29 is 4.92 Å². The van der Waals surface area contributed by atoms with Crippen LogP contribution in [0.5, 0.6) is 0 Å². The summed E-state index contributed by atoms with van der Waals surface area (Å²) in [6.07, 6.45) is 2.25. The highest BCUT2D eigenvalue weighted by Crippen LogP contribution is 2.31. The molecule has 5 heteroatoms. The van der Waals surface area contributed by atoms with Gasteiger partial charge in [0.1, 0.15) is 0 Å².